The Balaban J connectivity index is 3.47. The zero-order valence-corrected chi connectivity index (χ0v) is 10.1. The Bertz CT molecular complexity index is 168. The van der Waals surface area contributed by atoms with Crippen LogP contribution in [-0.2, 0) is 19.0 Å². The maximum Gasteiger partial charge on any atom is 0.332 e. The number of ether oxygens (including phenoxy) is 3. The van der Waals surface area contributed by atoms with Crippen LogP contribution in [0.4, 0.5) is 0 Å². The third-order valence-corrected chi connectivity index (χ3v) is 1.79. The summed E-state index contributed by atoms with van der Waals surface area (Å²) >= 11 is 0. The Morgan fingerprint density at radius 1 is 1.20 bits per heavy atom. The molecule has 90 valence electrons. The third kappa shape index (κ3) is 9.69. The minimum Gasteiger partial charge on any atom is -0.461 e. The summed E-state index contributed by atoms with van der Waals surface area (Å²) in [5.74, 6) is 0.224. The van der Waals surface area contributed by atoms with Gasteiger partial charge in [-0.1, -0.05) is 13.8 Å². The lowest BCUT2D eigenvalue weighted by molar-refractivity contribution is -0.154. The van der Waals surface area contributed by atoms with Crippen molar-refractivity contribution in [2.24, 2.45) is 5.92 Å². The van der Waals surface area contributed by atoms with Crippen LogP contribution in [0, 0.1) is 5.92 Å². The smallest absolute Gasteiger partial charge is 0.332 e. The quantitative estimate of drug-likeness (QED) is 0.459. The number of rotatable bonds is 8. The van der Waals surface area contributed by atoms with E-state index < -0.39 is 0 Å². The van der Waals surface area contributed by atoms with Gasteiger partial charge in [0, 0.05) is 7.11 Å². The molecule has 0 aromatic heterocycles. The van der Waals surface area contributed by atoms with Gasteiger partial charge in [0.05, 0.1) is 19.3 Å². The molecule has 1 unspecified atom stereocenters. The molecule has 0 aromatic carbocycles. The second-order valence-corrected chi connectivity index (χ2v) is 3.98. The average Bonchev–Trinajstić information content (AvgIpc) is 2.10. The SMILES string of the molecule is COCCOCC(=O)OC(C)CC(C)C. The van der Waals surface area contributed by atoms with Crippen molar-refractivity contribution >= 4 is 5.97 Å². The van der Waals surface area contributed by atoms with Gasteiger partial charge in [0.25, 0.3) is 0 Å². The van der Waals surface area contributed by atoms with E-state index in [4.69, 9.17) is 14.2 Å². The molecular formula is C11H22O4. The topological polar surface area (TPSA) is 44.8 Å². The Morgan fingerprint density at radius 2 is 1.87 bits per heavy atom. The summed E-state index contributed by atoms with van der Waals surface area (Å²) in [5, 5.41) is 0. The van der Waals surface area contributed by atoms with Crippen LogP contribution < -0.4 is 0 Å². The summed E-state index contributed by atoms with van der Waals surface area (Å²) in [6.07, 6.45) is 0.840. The lowest BCUT2D eigenvalue weighted by Gasteiger charge is -2.15. The Kier molecular flexibility index (Phi) is 8.33. The Labute approximate surface area is 91.9 Å². The highest BCUT2D eigenvalue weighted by Gasteiger charge is 2.10. The third-order valence-electron chi connectivity index (χ3n) is 1.79. The fourth-order valence-electron chi connectivity index (χ4n) is 1.27. The normalized spacial score (nSPS) is 12.9. The molecule has 0 saturated carbocycles. The number of esters is 1. The van der Waals surface area contributed by atoms with E-state index in [0.717, 1.165) is 6.42 Å². The number of carbonyl (C=O) groups is 1. The molecule has 0 bridgehead atoms. The van der Waals surface area contributed by atoms with Gasteiger partial charge in [-0.25, -0.2) is 4.79 Å². The lowest BCUT2D eigenvalue weighted by atomic mass is 10.1. The van der Waals surface area contributed by atoms with Gasteiger partial charge >= 0.3 is 5.97 Å². The maximum atomic E-state index is 11.2. The van der Waals surface area contributed by atoms with Crippen LogP contribution in [0.3, 0.4) is 0 Å². The van der Waals surface area contributed by atoms with Crippen LogP contribution >= 0.6 is 0 Å². The van der Waals surface area contributed by atoms with Gasteiger partial charge in [-0.15, -0.1) is 0 Å². The van der Waals surface area contributed by atoms with Crippen LogP contribution in [0.5, 0.6) is 0 Å². The minimum absolute atomic E-state index is 0.00575. The fraction of sp³-hybridized carbons (Fsp3) is 0.909. The Hall–Kier alpha value is -0.610. The molecule has 1 atom stereocenters. The van der Waals surface area contributed by atoms with Crippen LogP contribution in [0.1, 0.15) is 27.2 Å². The van der Waals surface area contributed by atoms with Gasteiger partial charge in [-0.3, -0.25) is 0 Å². The van der Waals surface area contributed by atoms with Crippen molar-refractivity contribution in [3.8, 4) is 0 Å². The van der Waals surface area contributed by atoms with E-state index in [1.54, 1.807) is 7.11 Å². The number of hydrogen-bond donors (Lipinski definition) is 0. The lowest BCUT2D eigenvalue weighted by Crippen LogP contribution is -2.21. The molecule has 0 aliphatic heterocycles. The molecule has 15 heavy (non-hydrogen) atoms. The van der Waals surface area contributed by atoms with E-state index in [1.807, 2.05) is 6.92 Å². The van der Waals surface area contributed by atoms with Crippen LogP contribution in [0.25, 0.3) is 0 Å². The summed E-state index contributed by atoms with van der Waals surface area (Å²) in [4.78, 5) is 11.2. The predicted octanol–water partition coefficient (Wildman–Crippen LogP) is 1.63. The molecule has 0 aliphatic rings. The van der Waals surface area contributed by atoms with Gasteiger partial charge in [0.1, 0.15) is 6.61 Å². The summed E-state index contributed by atoms with van der Waals surface area (Å²) in [5.41, 5.74) is 0. The minimum atomic E-state index is -0.306. The van der Waals surface area contributed by atoms with Gasteiger partial charge < -0.3 is 14.2 Å². The predicted molar refractivity (Wildman–Crippen MR) is 57.7 cm³/mol. The summed E-state index contributed by atoms with van der Waals surface area (Å²) in [7, 11) is 1.59. The molecule has 0 rings (SSSR count). The molecule has 0 amide bonds. The molecular weight excluding hydrogens is 196 g/mol. The van der Waals surface area contributed by atoms with Crippen molar-refractivity contribution in [2.45, 2.75) is 33.3 Å². The van der Waals surface area contributed by atoms with E-state index >= 15 is 0 Å². The van der Waals surface area contributed by atoms with Gasteiger partial charge in [-0.2, -0.15) is 0 Å². The van der Waals surface area contributed by atoms with Crippen molar-refractivity contribution in [1.82, 2.24) is 0 Å². The molecule has 0 radical (unpaired) electrons. The zero-order valence-electron chi connectivity index (χ0n) is 10.1. The van der Waals surface area contributed by atoms with E-state index in [0.29, 0.717) is 19.1 Å². The van der Waals surface area contributed by atoms with Gasteiger partial charge in [-0.05, 0) is 19.3 Å². The average molecular weight is 218 g/mol. The number of methoxy groups -OCH3 is 1. The summed E-state index contributed by atoms with van der Waals surface area (Å²) in [6.45, 7) is 7.01. The molecule has 0 saturated heterocycles. The largest absolute Gasteiger partial charge is 0.461 e. The number of hydrogen-bond acceptors (Lipinski definition) is 4. The highest BCUT2D eigenvalue weighted by atomic mass is 16.6. The number of carbonyl (C=O) groups excluding carboxylic acids is 1. The molecule has 0 heterocycles. The van der Waals surface area contributed by atoms with Crippen molar-refractivity contribution in [1.29, 1.82) is 0 Å². The van der Waals surface area contributed by atoms with Crippen molar-refractivity contribution < 1.29 is 19.0 Å². The first-order valence-corrected chi connectivity index (χ1v) is 5.32. The molecule has 4 nitrogen and oxygen atoms in total. The molecule has 0 aromatic rings. The highest BCUT2D eigenvalue weighted by Crippen LogP contribution is 2.07. The van der Waals surface area contributed by atoms with Crippen LogP contribution in [-0.4, -0.2) is 39.0 Å². The molecule has 4 heteroatoms. The Morgan fingerprint density at radius 3 is 2.40 bits per heavy atom. The fourth-order valence-corrected chi connectivity index (χ4v) is 1.27. The molecule has 0 N–H and O–H groups in total. The van der Waals surface area contributed by atoms with Crippen LogP contribution in [0.2, 0.25) is 0 Å². The second-order valence-electron chi connectivity index (χ2n) is 3.98. The van der Waals surface area contributed by atoms with E-state index in [2.05, 4.69) is 13.8 Å². The van der Waals surface area contributed by atoms with Gasteiger partial charge in [0.15, 0.2) is 0 Å². The second kappa shape index (κ2) is 8.68. The van der Waals surface area contributed by atoms with Crippen molar-refractivity contribution in [2.75, 3.05) is 26.9 Å². The monoisotopic (exact) mass is 218 g/mol. The standard InChI is InChI=1S/C11H22O4/c1-9(2)7-10(3)15-11(12)8-14-6-5-13-4/h9-10H,5-8H2,1-4H3. The highest BCUT2D eigenvalue weighted by molar-refractivity contribution is 5.70. The first-order valence-electron chi connectivity index (χ1n) is 5.32. The van der Waals surface area contributed by atoms with E-state index in [9.17, 15) is 4.79 Å². The zero-order chi connectivity index (χ0) is 11.7. The maximum absolute atomic E-state index is 11.2. The van der Waals surface area contributed by atoms with Crippen molar-refractivity contribution in [3.63, 3.8) is 0 Å². The first-order chi connectivity index (χ1) is 7.06. The van der Waals surface area contributed by atoms with Crippen LogP contribution in [0.15, 0.2) is 0 Å². The van der Waals surface area contributed by atoms with Crippen molar-refractivity contribution in [3.05, 3.63) is 0 Å². The molecule has 0 fully saturated rings. The van der Waals surface area contributed by atoms with E-state index in [-0.39, 0.29) is 18.7 Å². The first kappa shape index (κ1) is 14.4. The van der Waals surface area contributed by atoms with E-state index in [1.165, 1.54) is 0 Å². The van der Waals surface area contributed by atoms with Gasteiger partial charge in [0.2, 0.25) is 0 Å². The summed E-state index contributed by atoms with van der Waals surface area (Å²) in [6, 6.07) is 0. The molecule has 0 aliphatic carbocycles. The molecule has 0 spiro atoms. The summed E-state index contributed by atoms with van der Waals surface area (Å²) < 4.78 is 15.0.